The highest BCUT2D eigenvalue weighted by atomic mass is 16.4. The van der Waals surface area contributed by atoms with E-state index in [0.29, 0.717) is 12.2 Å². The average molecular weight is 250 g/mol. The maximum absolute atomic E-state index is 10.9. The summed E-state index contributed by atoms with van der Waals surface area (Å²) < 4.78 is 6.55. The van der Waals surface area contributed by atoms with Crippen molar-refractivity contribution in [2.75, 3.05) is 0 Å². The molecule has 7 nitrogen and oxygen atoms in total. The lowest BCUT2D eigenvalue weighted by atomic mass is 10.1. The summed E-state index contributed by atoms with van der Waals surface area (Å²) in [6.45, 7) is 2.00. The average Bonchev–Trinajstić information content (AvgIpc) is 2.98. The first-order chi connectivity index (χ1) is 8.72. The fraction of sp³-hybridized carbons (Fsp3) is 0.455. The highest BCUT2D eigenvalue weighted by Crippen LogP contribution is 2.24. The lowest BCUT2D eigenvalue weighted by Crippen LogP contribution is -2.16. The predicted molar refractivity (Wildman–Crippen MR) is 61.7 cm³/mol. The quantitative estimate of drug-likeness (QED) is 0.839. The first-order valence-electron chi connectivity index (χ1n) is 5.74. The molecule has 2 heterocycles. The van der Waals surface area contributed by atoms with Gasteiger partial charge < -0.3 is 9.52 Å². The first kappa shape index (κ1) is 12.3. The van der Waals surface area contributed by atoms with E-state index in [0.717, 1.165) is 12.0 Å². The van der Waals surface area contributed by atoms with E-state index in [1.54, 1.807) is 10.7 Å². The number of nitrogens with zero attached hydrogens (tertiary/aromatic N) is 4. The highest BCUT2D eigenvalue weighted by Gasteiger charge is 2.20. The Morgan fingerprint density at radius 2 is 2.44 bits per heavy atom. The molecule has 18 heavy (non-hydrogen) atoms. The van der Waals surface area contributed by atoms with Crippen molar-refractivity contribution in [2.45, 2.75) is 32.2 Å². The van der Waals surface area contributed by atoms with Crippen molar-refractivity contribution in [3.63, 3.8) is 0 Å². The molecule has 0 saturated carbocycles. The molecular weight excluding hydrogens is 236 g/mol. The Hall–Kier alpha value is -2.18. The van der Waals surface area contributed by atoms with Gasteiger partial charge in [0.2, 0.25) is 0 Å². The number of hydrogen-bond donors (Lipinski definition) is 1. The van der Waals surface area contributed by atoms with Gasteiger partial charge in [-0.25, -0.2) is 4.68 Å². The molecule has 0 bridgehead atoms. The molecule has 1 atom stereocenters. The van der Waals surface area contributed by atoms with E-state index < -0.39 is 5.97 Å². The Morgan fingerprint density at radius 3 is 3.06 bits per heavy atom. The lowest BCUT2D eigenvalue weighted by Gasteiger charge is -2.14. The number of carboxylic acid groups (broad SMARTS) is 1. The zero-order chi connectivity index (χ0) is 13.0. The van der Waals surface area contributed by atoms with Crippen LogP contribution >= 0.6 is 0 Å². The second-order valence-electron chi connectivity index (χ2n) is 4.00. The largest absolute Gasteiger partial charge is 0.481 e. The van der Waals surface area contributed by atoms with Crippen molar-refractivity contribution in [1.82, 2.24) is 20.2 Å². The second-order valence-corrected chi connectivity index (χ2v) is 4.00. The normalized spacial score (nSPS) is 12.5. The number of aromatic nitrogens is 4. The molecule has 7 heteroatoms. The molecule has 2 aromatic heterocycles. The van der Waals surface area contributed by atoms with Crippen LogP contribution in [0.2, 0.25) is 0 Å². The number of carbonyl (C=O) groups is 1. The monoisotopic (exact) mass is 250 g/mol. The van der Waals surface area contributed by atoms with Crippen LogP contribution in [0.1, 0.15) is 32.2 Å². The SMILES string of the molecule is CCCC(CC(=O)O)n1nnnc1-c1ccoc1. The van der Waals surface area contributed by atoms with Crippen molar-refractivity contribution in [3.05, 3.63) is 18.6 Å². The Morgan fingerprint density at radius 1 is 1.61 bits per heavy atom. The second kappa shape index (κ2) is 5.44. The molecule has 1 unspecified atom stereocenters. The van der Waals surface area contributed by atoms with E-state index >= 15 is 0 Å². The Labute approximate surface area is 103 Å². The van der Waals surface area contributed by atoms with Crippen molar-refractivity contribution < 1.29 is 14.3 Å². The van der Waals surface area contributed by atoms with E-state index in [-0.39, 0.29) is 12.5 Å². The van der Waals surface area contributed by atoms with E-state index in [9.17, 15) is 4.79 Å². The molecule has 2 rings (SSSR count). The van der Waals surface area contributed by atoms with E-state index in [2.05, 4.69) is 15.5 Å². The van der Waals surface area contributed by atoms with Crippen molar-refractivity contribution in [2.24, 2.45) is 0 Å². The highest BCUT2D eigenvalue weighted by molar-refractivity contribution is 5.67. The smallest absolute Gasteiger partial charge is 0.305 e. The molecule has 0 amide bonds. The minimum absolute atomic E-state index is 0.00370. The van der Waals surface area contributed by atoms with Gasteiger partial charge in [0.25, 0.3) is 0 Å². The van der Waals surface area contributed by atoms with Crippen LogP contribution in [-0.2, 0) is 4.79 Å². The van der Waals surface area contributed by atoms with Crippen LogP contribution in [0, 0.1) is 0 Å². The third-order valence-corrected chi connectivity index (χ3v) is 2.65. The van der Waals surface area contributed by atoms with Crippen LogP contribution in [0.25, 0.3) is 11.4 Å². The summed E-state index contributed by atoms with van der Waals surface area (Å²) in [4.78, 5) is 10.9. The molecule has 0 aliphatic heterocycles. The van der Waals surface area contributed by atoms with E-state index in [1.807, 2.05) is 6.92 Å². The van der Waals surface area contributed by atoms with Crippen LogP contribution in [0.5, 0.6) is 0 Å². The van der Waals surface area contributed by atoms with Crippen LogP contribution < -0.4 is 0 Å². The molecule has 2 aromatic rings. The van der Waals surface area contributed by atoms with Gasteiger partial charge in [-0.3, -0.25) is 4.79 Å². The molecule has 96 valence electrons. The zero-order valence-electron chi connectivity index (χ0n) is 9.98. The van der Waals surface area contributed by atoms with E-state index in [1.165, 1.54) is 12.5 Å². The standard InChI is InChI=1S/C11H14N4O3/c1-2-3-9(6-10(16)17)15-11(12-13-14-15)8-4-5-18-7-8/h4-5,7,9H,2-3,6H2,1H3,(H,16,17). The Kier molecular flexibility index (Phi) is 3.71. The lowest BCUT2D eigenvalue weighted by molar-refractivity contribution is -0.138. The van der Waals surface area contributed by atoms with Gasteiger partial charge in [0.05, 0.1) is 24.3 Å². The third-order valence-electron chi connectivity index (χ3n) is 2.65. The van der Waals surface area contributed by atoms with E-state index in [4.69, 9.17) is 9.52 Å². The first-order valence-corrected chi connectivity index (χ1v) is 5.74. The van der Waals surface area contributed by atoms with Crippen molar-refractivity contribution >= 4 is 5.97 Å². The minimum atomic E-state index is -0.859. The van der Waals surface area contributed by atoms with Gasteiger partial charge in [-0.15, -0.1) is 5.10 Å². The summed E-state index contributed by atoms with van der Waals surface area (Å²) in [6, 6.07) is 1.50. The van der Waals surface area contributed by atoms with Gasteiger partial charge in [0.15, 0.2) is 5.82 Å². The fourth-order valence-electron chi connectivity index (χ4n) is 1.87. The fourth-order valence-corrected chi connectivity index (χ4v) is 1.87. The molecular formula is C11H14N4O3. The van der Waals surface area contributed by atoms with Gasteiger partial charge in [-0.2, -0.15) is 0 Å². The van der Waals surface area contributed by atoms with Gasteiger partial charge >= 0.3 is 5.97 Å². The molecule has 0 fully saturated rings. The number of aliphatic carboxylic acids is 1. The summed E-state index contributed by atoms with van der Waals surface area (Å²) in [6.07, 6.45) is 4.64. The Bertz CT molecular complexity index is 506. The number of hydrogen-bond acceptors (Lipinski definition) is 5. The summed E-state index contributed by atoms with van der Waals surface area (Å²) in [5.41, 5.74) is 0.742. The molecule has 1 N–H and O–H groups in total. The number of tetrazole rings is 1. The summed E-state index contributed by atoms with van der Waals surface area (Å²) >= 11 is 0. The van der Waals surface area contributed by atoms with Gasteiger partial charge in [-0.1, -0.05) is 13.3 Å². The Balaban J connectivity index is 2.30. The van der Waals surface area contributed by atoms with Crippen LogP contribution in [0.15, 0.2) is 23.0 Å². The van der Waals surface area contributed by atoms with Gasteiger partial charge in [-0.05, 0) is 22.9 Å². The van der Waals surface area contributed by atoms with Gasteiger partial charge in [0, 0.05) is 0 Å². The molecule has 0 aromatic carbocycles. The number of carboxylic acids is 1. The van der Waals surface area contributed by atoms with Crippen molar-refractivity contribution in [3.8, 4) is 11.4 Å². The third kappa shape index (κ3) is 2.55. The van der Waals surface area contributed by atoms with Gasteiger partial charge in [0.1, 0.15) is 6.26 Å². The van der Waals surface area contributed by atoms with Crippen LogP contribution in [0.3, 0.4) is 0 Å². The topological polar surface area (TPSA) is 94.0 Å². The molecule has 0 aliphatic rings. The molecule has 0 radical (unpaired) electrons. The summed E-state index contributed by atoms with van der Waals surface area (Å²) in [5, 5.41) is 20.4. The van der Waals surface area contributed by atoms with Crippen LogP contribution in [-0.4, -0.2) is 31.3 Å². The maximum Gasteiger partial charge on any atom is 0.305 e. The molecule has 0 aliphatic carbocycles. The summed E-state index contributed by atoms with van der Waals surface area (Å²) in [5.74, 6) is -0.328. The molecule has 0 saturated heterocycles. The van der Waals surface area contributed by atoms with Crippen LogP contribution in [0.4, 0.5) is 0 Å². The molecule has 0 spiro atoms. The number of furan rings is 1. The maximum atomic E-state index is 10.9. The van der Waals surface area contributed by atoms with Crippen molar-refractivity contribution in [1.29, 1.82) is 0 Å². The number of rotatable bonds is 6. The summed E-state index contributed by atoms with van der Waals surface area (Å²) in [7, 11) is 0. The minimum Gasteiger partial charge on any atom is -0.481 e. The zero-order valence-corrected chi connectivity index (χ0v) is 9.98. The predicted octanol–water partition coefficient (Wildman–Crippen LogP) is 1.75.